The maximum Gasteiger partial charge on any atom is 0.508 e. The predicted molar refractivity (Wildman–Crippen MR) is 108 cm³/mol. The zero-order valence-electron chi connectivity index (χ0n) is 19.3. The fourth-order valence-electron chi connectivity index (χ4n) is 2.40. The van der Waals surface area contributed by atoms with Crippen LogP contribution in [0.5, 0.6) is 0 Å². The molecule has 0 aromatic carbocycles. The van der Waals surface area contributed by atoms with Crippen LogP contribution in [0.4, 0.5) is 4.79 Å². The average molecular weight is 407 g/mol. The summed E-state index contributed by atoms with van der Waals surface area (Å²) in [7, 11) is 0. The third-order valence-corrected chi connectivity index (χ3v) is 5.16. The zero-order valence-corrected chi connectivity index (χ0v) is 19.3. The molecule has 0 fully saturated rings. The molecule has 0 bridgehead atoms. The van der Waals surface area contributed by atoms with Gasteiger partial charge >= 0.3 is 6.16 Å². The quantitative estimate of drug-likeness (QED) is 0.350. The van der Waals surface area contributed by atoms with Crippen LogP contribution in [-0.2, 0) is 18.9 Å². The van der Waals surface area contributed by atoms with E-state index in [-0.39, 0.29) is 6.61 Å². The minimum Gasteiger partial charge on any atom is -0.434 e. The molecule has 168 valence electrons. The van der Waals surface area contributed by atoms with Gasteiger partial charge in [0.25, 0.3) is 0 Å². The first-order chi connectivity index (χ1) is 12.6. The third kappa shape index (κ3) is 11.2. The fourth-order valence-corrected chi connectivity index (χ4v) is 2.40. The van der Waals surface area contributed by atoms with Crippen LogP contribution in [-0.4, -0.2) is 58.3 Å². The molecule has 0 saturated heterocycles. The van der Waals surface area contributed by atoms with Gasteiger partial charge in [-0.1, -0.05) is 13.8 Å². The largest absolute Gasteiger partial charge is 0.508 e. The molecule has 3 atom stereocenters. The van der Waals surface area contributed by atoms with Gasteiger partial charge in [-0.15, -0.1) is 0 Å². The Balaban J connectivity index is 4.44. The monoisotopic (exact) mass is 406 g/mol. The normalized spacial score (nSPS) is 18.1. The van der Waals surface area contributed by atoms with E-state index in [1.807, 2.05) is 27.7 Å². The molecule has 3 unspecified atom stereocenters. The molecule has 0 aliphatic heterocycles. The lowest BCUT2D eigenvalue weighted by atomic mass is 9.96. The van der Waals surface area contributed by atoms with Gasteiger partial charge in [0.1, 0.15) is 5.60 Å². The van der Waals surface area contributed by atoms with Crippen LogP contribution in [0.2, 0.25) is 0 Å². The van der Waals surface area contributed by atoms with Crippen molar-refractivity contribution in [3.8, 4) is 0 Å². The summed E-state index contributed by atoms with van der Waals surface area (Å²) in [6.45, 7) is 16.6. The predicted octanol–water partition coefficient (Wildman–Crippen LogP) is 4.18. The van der Waals surface area contributed by atoms with Gasteiger partial charge < -0.3 is 29.2 Å². The van der Waals surface area contributed by atoms with Crippen LogP contribution in [0.15, 0.2) is 0 Å². The van der Waals surface area contributed by atoms with E-state index in [1.165, 1.54) is 13.8 Å². The summed E-state index contributed by atoms with van der Waals surface area (Å²) in [4.78, 5) is 12.1. The summed E-state index contributed by atoms with van der Waals surface area (Å²) in [5.41, 5.74) is -2.15. The molecule has 0 saturated carbocycles. The van der Waals surface area contributed by atoms with Gasteiger partial charge in [-0.3, -0.25) is 0 Å². The Hall–Kier alpha value is -0.890. The topological polar surface area (TPSA) is 94.5 Å². The highest BCUT2D eigenvalue weighted by molar-refractivity contribution is 5.60. The summed E-state index contributed by atoms with van der Waals surface area (Å²) >= 11 is 0. The molecule has 0 radical (unpaired) electrons. The van der Waals surface area contributed by atoms with E-state index >= 15 is 0 Å². The summed E-state index contributed by atoms with van der Waals surface area (Å²) in [6, 6.07) is 0. The lowest BCUT2D eigenvalue weighted by Gasteiger charge is -2.36. The molecule has 7 nitrogen and oxygen atoms in total. The standard InChI is InChI=1S/C21H42O7/c1-10-20(8,24)13-15-26-18(4,5)12-14-25-17(22)28-21(9,11-2)16(3)27-19(6,7)23/h16,23-24H,10-15H2,1-9H3. The molecular weight excluding hydrogens is 364 g/mol. The van der Waals surface area contributed by atoms with Crippen LogP contribution in [0.3, 0.4) is 0 Å². The second-order valence-electron chi connectivity index (χ2n) is 9.03. The van der Waals surface area contributed by atoms with Crippen molar-refractivity contribution in [1.82, 2.24) is 0 Å². The van der Waals surface area contributed by atoms with E-state index in [2.05, 4.69) is 0 Å². The molecule has 2 N–H and O–H groups in total. The Labute approximate surface area is 170 Å². The van der Waals surface area contributed by atoms with Gasteiger partial charge in [-0.05, 0) is 67.7 Å². The summed E-state index contributed by atoms with van der Waals surface area (Å²) in [5, 5.41) is 19.8. The van der Waals surface area contributed by atoms with E-state index in [1.54, 1.807) is 20.8 Å². The van der Waals surface area contributed by atoms with Crippen molar-refractivity contribution >= 4 is 6.16 Å². The van der Waals surface area contributed by atoms with Crippen LogP contribution < -0.4 is 0 Å². The number of aliphatic hydroxyl groups is 2. The van der Waals surface area contributed by atoms with Crippen LogP contribution in [0.1, 0.15) is 88.0 Å². The van der Waals surface area contributed by atoms with Gasteiger partial charge in [-0.25, -0.2) is 4.79 Å². The highest BCUT2D eigenvalue weighted by Gasteiger charge is 2.38. The number of hydrogen-bond acceptors (Lipinski definition) is 7. The molecule has 0 heterocycles. The van der Waals surface area contributed by atoms with Crippen molar-refractivity contribution in [2.24, 2.45) is 0 Å². The Morgan fingerprint density at radius 3 is 1.96 bits per heavy atom. The van der Waals surface area contributed by atoms with Crippen molar-refractivity contribution in [2.45, 2.75) is 117 Å². The Morgan fingerprint density at radius 1 is 0.929 bits per heavy atom. The van der Waals surface area contributed by atoms with Gasteiger partial charge in [0.05, 0.1) is 30.5 Å². The summed E-state index contributed by atoms with van der Waals surface area (Å²) < 4.78 is 22.0. The van der Waals surface area contributed by atoms with Crippen molar-refractivity contribution in [1.29, 1.82) is 0 Å². The molecule has 0 aromatic heterocycles. The molecule has 0 aliphatic carbocycles. The van der Waals surface area contributed by atoms with Gasteiger partial charge in [-0.2, -0.15) is 0 Å². The first kappa shape index (κ1) is 27.1. The number of carbonyl (C=O) groups excluding carboxylic acids is 1. The highest BCUT2D eigenvalue weighted by atomic mass is 16.7. The van der Waals surface area contributed by atoms with Gasteiger partial charge in [0.15, 0.2) is 5.79 Å². The second-order valence-corrected chi connectivity index (χ2v) is 9.03. The van der Waals surface area contributed by atoms with Crippen molar-refractivity contribution in [3.63, 3.8) is 0 Å². The van der Waals surface area contributed by atoms with E-state index < -0.39 is 34.8 Å². The Morgan fingerprint density at radius 2 is 1.50 bits per heavy atom. The maximum atomic E-state index is 12.1. The Kier molecular flexibility index (Phi) is 10.4. The molecular formula is C21H42O7. The SMILES string of the molecule is CCC(C)(O)CCOC(C)(C)CCOC(=O)OC(C)(CC)C(C)OC(C)(C)O. The van der Waals surface area contributed by atoms with E-state index in [4.69, 9.17) is 18.9 Å². The number of hydrogen-bond donors (Lipinski definition) is 2. The smallest absolute Gasteiger partial charge is 0.434 e. The highest BCUT2D eigenvalue weighted by Crippen LogP contribution is 2.26. The molecule has 0 rings (SSSR count). The molecule has 28 heavy (non-hydrogen) atoms. The zero-order chi connectivity index (χ0) is 22.2. The van der Waals surface area contributed by atoms with E-state index in [0.29, 0.717) is 32.3 Å². The van der Waals surface area contributed by atoms with Crippen molar-refractivity contribution < 1.29 is 34.0 Å². The molecule has 0 amide bonds. The minimum atomic E-state index is -1.33. The molecule has 0 spiro atoms. The maximum absolute atomic E-state index is 12.1. The van der Waals surface area contributed by atoms with Crippen LogP contribution >= 0.6 is 0 Å². The van der Waals surface area contributed by atoms with E-state index in [0.717, 1.165) is 0 Å². The van der Waals surface area contributed by atoms with Crippen LogP contribution in [0.25, 0.3) is 0 Å². The van der Waals surface area contributed by atoms with Gasteiger partial charge in [0.2, 0.25) is 0 Å². The number of carbonyl (C=O) groups is 1. The van der Waals surface area contributed by atoms with Crippen molar-refractivity contribution in [2.75, 3.05) is 13.2 Å². The second kappa shape index (κ2) is 10.8. The number of rotatable bonds is 13. The first-order valence-corrected chi connectivity index (χ1v) is 10.2. The van der Waals surface area contributed by atoms with Crippen molar-refractivity contribution in [3.05, 3.63) is 0 Å². The third-order valence-electron chi connectivity index (χ3n) is 5.16. The van der Waals surface area contributed by atoms with Gasteiger partial charge in [0, 0.05) is 6.42 Å². The first-order valence-electron chi connectivity index (χ1n) is 10.2. The lowest BCUT2D eigenvalue weighted by molar-refractivity contribution is -0.240. The average Bonchev–Trinajstić information content (AvgIpc) is 2.52. The van der Waals surface area contributed by atoms with E-state index in [9.17, 15) is 15.0 Å². The molecule has 0 aliphatic rings. The number of ether oxygens (including phenoxy) is 4. The molecule has 7 heteroatoms. The Bertz CT molecular complexity index is 468. The fraction of sp³-hybridized carbons (Fsp3) is 0.952. The summed E-state index contributed by atoms with van der Waals surface area (Å²) in [5.74, 6) is -1.33. The lowest BCUT2D eigenvalue weighted by Crippen LogP contribution is -2.47. The minimum absolute atomic E-state index is 0.149. The summed E-state index contributed by atoms with van der Waals surface area (Å²) in [6.07, 6.45) is 0.915. The molecule has 0 aromatic rings. The van der Waals surface area contributed by atoms with Crippen LogP contribution in [0, 0.1) is 0 Å².